The highest BCUT2D eigenvalue weighted by Crippen LogP contribution is 2.45. The lowest BCUT2D eigenvalue weighted by atomic mass is 9.72. The van der Waals surface area contributed by atoms with Gasteiger partial charge in [0.1, 0.15) is 10.8 Å². The second-order valence-corrected chi connectivity index (χ2v) is 11.8. The first-order chi connectivity index (χ1) is 19.1. The lowest BCUT2D eigenvalue weighted by molar-refractivity contribution is 0.0600. The molecular weight excluding hydrogens is 528 g/mol. The monoisotopic (exact) mass is 564 g/mol. The fourth-order valence-corrected chi connectivity index (χ4v) is 6.19. The van der Waals surface area contributed by atoms with Gasteiger partial charge in [-0.05, 0) is 66.5 Å². The van der Waals surface area contributed by atoms with Crippen LogP contribution in [0.3, 0.4) is 0 Å². The van der Waals surface area contributed by atoms with Crippen molar-refractivity contribution in [1.29, 1.82) is 0 Å². The summed E-state index contributed by atoms with van der Waals surface area (Å²) in [6.45, 7) is 6.80. The second kappa shape index (κ2) is 12.1. The van der Waals surface area contributed by atoms with Gasteiger partial charge in [0.2, 0.25) is 0 Å². The van der Waals surface area contributed by atoms with E-state index in [1.807, 2.05) is 0 Å². The number of rotatable bonds is 8. The summed E-state index contributed by atoms with van der Waals surface area (Å²) in [6, 6.07) is 10.2. The minimum atomic E-state index is -0.430. The Labute approximate surface area is 239 Å². The summed E-state index contributed by atoms with van der Waals surface area (Å²) < 4.78 is 21.2. The average molecular weight is 565 g/mol. The van der Waals surface area contributed by atoms with Crippen LogP contribution in [0.1, 0.15) is 63.9 Å². The summed E-state index contributed by atoms with van der Waals surface area (Å²) in [5, 5.41) is 3.63. The van der Waals surface area contributed by atoms with Gasteiger partial charge >= 0.3 is 5.97 Å². The Morgan fingerprint density at radius 2 is 1.62 bits per heavy atom. The van der Waals surface area contributed by atoms with Crippen molar-refractivity contribution >= 4 is 40.1 Å². The van der Waals surface area contributed by atoms with Crippen LogP contribution < -0.4 is 19.5 Å². The molecule has 8 nitrogen and oxygen atoms in total. The third-order valence-electron chi connectivity index (χ3n) is 7.32. The number of fused-ring (bicyclic) bond motifs is 1. The molecule has 1 aromatic heterocycles. The first kappa shape index (κ1) is 29.1. The van der Waals surface area contributed by atoms with Crippen molar-refractivity contribution in [2.75, 3.05) is 33.8 Å². The van der Waals surface area contributed by atoms with Crippen molar-refractivity contribution in [3.8, 4) is 17.2 Å². The number of hydrogen-bond donors (Lipinski definition) is 1. The summed E-state index contributed by atoms with van der Waals surface area (Å²) in [4.78, 5) is 31.5. The van der Waals surface area contributed by atoms with Crippen LogP contribution in [0.5, 0.6) is 17.2 Å². The number of esters is 1. The van der Waals surface area contributed by atoms with E-state index in [1.54, 1.807) is 75.3 Å². The zero-order chi connectivity index (χ0) is 29.0. The molecular formula is C31H36N2O6S. The van der Waals surface area contributed by atoms with Gasteiger partial charge in [-0.2, -0.15) is 0 Å². The zero-order valence-corrected chi connectivity index (χ0v) is 24.9. The molecule has 1 unspecified atom stereocenters. The lowest BCUT2D eigenvalue weighted by Gasteiger charge is -2.33. The van der Waals surface area contributed by atoms with Gasteiger partial charge in [0.25, 0.3) is 5.91 Å². The number of amides is 1. The SMILES string of the molecule is COC(=O)c1ccc(NC(=O)c2c(/N=C/c3cc(OC)c(OC)cc3OC)sc3c2CCC(C(C)(C)C)C3)cc1. The standard InChI is InChI=1S/C31H36N2O6S/c1-31(2,3)20-10-13-22-26(15-20)40-29(32-17-19-14-24(37-5)25(38-6)16-23(19)36-4)27(22)28(34)33-21-11-8-18(9-12-21)30(35)39-7/h8-9,11-12,14,16-17,20H,10,13,15H2,1-7H3,(H,33,34)/b32-17+. The number of nitrogens with zero attached hydrogens (tertiary/aromatic N) is 1. The lowest BCUT2D eigenvalue weighted by Crippen LogP contribution is -2.27. The summed E-state index contributed by atoms with van der Waals surface area (Å²) >= 11 is 1.56. The molecule has 0 radical (unpaired) electrons. The molecule has 0 aliphatic heterocycles. The fraction of sp³-hybridized carbons (Fsp3) is 0.387. The van der Waals surface area contributed by atoms with Gasteiger partial charge in [-0.15, -0.1) is 11.3 Å². The van der Waals surface area contributed by atoms with E-state index in [2.05, 4.69) is 26.1 Å². The second-order valence-electron chi connectivity index (χ2n) is 10.7. The Morgan fingerprint density at radius 3 is 2.23 bits per heavy atom. The Hall–Kier alpha value is -3.85. The van der Waals surface area contributed by atoms with Gasteiger partial charge in [0.15, 0.2) is 11.5 Å². The minimum Gasteiger partial charge on any atom is -0.496 e. The number of carbonyl (C=O) groups excluding carboxylic acids is 2. The van der Waals surface area contributed by atoms with E-state index in [0.29, 0.717) is 50.5 Å². The molecule has 1 aliphatic carbocycles. The van der Waals surface area contributed by atoms with E-state index in [-0.39, 0.29) is 11.3 Å². The van der Waals surface area contributed by atoms with E-state index < -0.39 is 5.97 Å². The van der Waals surface area contributed by atoms with Gasteiger partial charge in [0, 0.05) is 28.4 Å². The molecule has 1 amide bonds. The molecule has 40 heavy (non-hydrogen) atoms. The molecule has 4 rings (SSSR count). The van der Waals surface area contributed by atoms with Crippen molar-refractivity contribution < 1.29 is 28.5 Å². The normalized spacial score (nSPS) is 14.9. The molecule has 0 fully saturated rings. The smallest absolute Gasteiger partial charge is 0.337 e. The van der Waals surface area contributed by atoms with Crippen molar-refractivity contribution in [1.82, 2.24) is 0 Å². The molecule has 0 saturated heterocycles. The quantitative estimate of drug-likeness (QED) is 0.241. The Bertz CT molecular complexity index is 1420. The van der Waals surface area contributed by atoms with Crippen LogP contribution in [0, 0.1) is 11.3 Å². The molecule has 0 saturated carbocycles. The summed E-state index contributed by atoms with van der Waals surface area (Å²) in [5.74, 6) is 1.53. The number of benzene rings is 2. The number of thiophene rings is 1. The van der Waals surface area contributed by atoms with Crippen molar-refractivity contribution in [2.45, 2.75) is 40.0 Å². The van der Waals surface area contributed by atoms with Gasteiger partial charge in [0.05, 0.1) is 39.6 Å². The Morgan fingerprint density at radius 1 is 0.975 bits per heavy atom. The van der Waals surface area contributed by atoms with Crippen LogP contribution in [0.2, 0.25) is 0 Å². The molecule has 2 aromatic carbocycles. The molecule has 0 spiro atoms. The topological polar surface area (TPSA) is 95.5 Å². The molecule has 1 N–H and O–H groups in total. The number of methoxy groups -OCH3 is 4. The predicted octanol–water partition coefficient (Wildman–Crippen LogP) is 6.71. The Balaban J connectivity index is 1.72. The van der Waals surface area contributed by atoms with E-state index in [9.17, 15) is 9.59 Å². The van der Waals surface area contributed by atoms with Crippen molar-refractivity contribution in [2.24, 2.45) is 16.3 Å². The van der Waals surface area contributed by atoms with Crippen molar-refractivity contribution in [3.63, 3.8) is 0 Å². The molecule has 212 valence electrons. The van der Waals surface area contributed by atoms with Crippen LogP contribution in [-0.4, -0.2) is 46.5 Å². The molecule has 1 atom stereocenters. The van der Waals surface area contributed by atoms with Crippen LogP contribution in [0.15, 0.2) is 41.4 Å². The first-order valence-corrected chi connectivity index (χ1v) is 13.9. The first-order valence-electron chi connectivity index (χ1n) is 13.1. The number of hydrogen-bond acceptors (Lipinski definition) is 8. The summed E-state index contributed by atoms with van der Waals surface area (Å²) in [6.07, 6.45) is 4.43. The van der Waals surface area contributed by atoms with Crippen LogP contribution in [0.4, 0.5) is 10.7 Å². The van der Waals surface area contributed by atoms with Gasteiger partial charge in [-0.25, -0.2) is 9.79 Å². The maximum absolute atomic E-state index is 13.7. The minimum absolute atomic E-state index is 0.169. The maximum Gasteiger partial charge on any atom is 0.337 e. The van der Waals surface area contributed by atoms with Gasteiger partial charge in [-0.3, -0.25) is 4.79 Å². The van der Waals surface area contributed by atoms with Crippen LogP contribution >= 0.6 is 11.3 Å². The zero-order valence-electron chi connectivity index (χ0n) is 24.0. The number of carbonyl (C=O) groups is 2. The summed E-state index contributed by atoms with van der Waals surface area (Å²) in [7, 11) is 6.06. The molecule has 9 heteroatoms. The highest BCUT2D eigenvalue weighted by atomic mass is 32.1. The highest BCUT2D eigenvalue weighted by Gasteiger charge is 2.33. The van der Waals surface area contributed by atoms with E-state index in [1.165, 1.54) is 12.0 Å². The van der Waals surface area contributed by atoms with E-state index in [0.717, 1.165) is 24.8 Å². The number of anilines is 1. The largest absolute Gasteiger partial charge is 0.496 e. The Kier molecular flexibility index (Phi) is 8.83. The molecule has 1 heterocycles. The molecule has 3 aromatic rings. The van der Waals surface area contributed by atoms with E-state index >= 15 is 0 Å². The van der Waals surface area contributed by atoms with E-state index in [4.69, 9.17) is 23.9 Å². The summed E-state index contributed by atoms with van der Waals surface area (Å²) in [5.41, 5.74) is 3.50. The average Bonchev–Trinajstić information content (AvgIpc) is 3.32. The van der Waals surface area contributed by atoms with Crippen LogP contribution in [0.25, 0.3) is 0 Å². The number of aliphatic imine (C=N–C) groups is 1. The predicted molar refractivity (Wildman–Crippen MR) is 158 cm³/mol. The fourth-order valence-electron chi connectivity index (χ4n) is 4.92. The molecule has 0 bridgehead atoms. The third-order valence-corrected chi connectivity index (χ3v) is 8.48. The highest BCUT2D eigenvalue weighted by molar-refractivity contribution is 7.16. The van der Waals surface area contributed by atoms with Gasteiger partial charge < -0.3 is 24.3 Å². The van der Waals surface area contributed by atoms with Crippen LogP contribution in [-0.2, 0) is 17.6 Å². The molecule has 1 aliphatic rings. The third kappa shape index (κ3) is 6.14. The number of nitrogens with one attached hydrogen (secondary N) is 1. The van der Waals surface area contributed by atoms with Crippen molar-refractivity contribution in [3.05, 3.63) is 63.5 Å². The number of ether oxygens (including phenoxy) is 4. The van der Waals surface area contributed by atoms with Gasteiger partial charge in [-0.1, -0.05) is 20.8 Å². The maximum atomic E-state index is 13.7.